The molecule has 3 saturated carbocycles. The zero-order valence-electron chi connectivity index (χ0n) is 13.8. The van der Waals surface area contributed by atoms with Crippen molar-refractivity contribution in [2.45, 2.75) is 58.8 Å². The van der Waals surface area contributed by atoms with Crippen molar-refractivity contribution in [2.24, 2.45) is 28.6 Å². The van der Waals surface area contributed by atoms with Crippen molar-refractivity contribution in [1.82, 2.24) is 0 Å². The van der Waals surface area contributed by atoms with Gasteiger partial charge in [-0.05, 0) is 66.9 Å². The van der Waals surface area contributed by atoms with E-state index < -0.39 is 0 Å². The van der Waals surface area contributed by atoms with Crippen molar-refractivity contribution in [1.29, 1.82) is 0 Å². The molecule has 0 aliphatic heterocycles. The van der Waals surface area contributed by atoms with Gasteiger partial charge in [0.15, 0.2) is 11.6 Å². The van der Waals surface area contributed by atoms with E-state index in [9.17, 15) is 9.59 Å². The Bertz CT molecular complexity index is 613. The second kappa shape index (κ2) is 4.43. The van der Waals surface area contributed by atoms with Gasteiger partial charge in [0.2, 0.25) is 0 Å². The Balaban J connectivity index is 1.82. The maximum absolute atomic E-state index is 12.9. The van der Waals surface area contributed by atoms with E-state index in [4.69, 9.17) is 0 Å². The van der Waals surface area contributed by atoms with Gasteiger partial charge in [0.05, 0.1) is 0 Å². The van der Waals surface area contributed by atoms with Gasteiger partial charge < -0.3 is 0 Å². The van der Waals surface area contributed by atoms with E-state index in [-0.39, 0.29) is 17.0 Å². The van der Waals surface area contributed by atoms with Gasteiger partial charge in [0, 0.05) is 17.4 Å². The van der Waals surface area contributed by atoms with Crippen molar-refractivity contribution >= 4 is 11.6 Å². The van der Waals surface area contributed by atoms with Crippen LogP contribution in [0.4, 0.5) is 0 Å². The summed E-state index contributed by atoms with van der Waals surface area (Å²) >= 11 is 0. The van der Waals surface area contributed by atoms with Crippen molar-refractivity contribution in [3.8, 4) is 0 Å². The van der Waals surface area contributed by atoms with E-state index in [0.29, 0.717) is 29.6 Å². The summed E-state index contributed by atoms with van der Waals surface area (Å²) in [7, 11) is 0. The fraction of sp³-hybridized carbons (Fsp3) is 0.700. The molecule has 22 heavy (non-hydrogen) atoms. The molecule has 0 aromatic carbocycles. The summed E-state index contributed by atoms with van der Waals surface area (Å²) in [5, 5.41) is 0. The van der Waals surface area contributed by atoms with Gasteiger partial charge in [-0.3, -0.25) is 9.59 Å². The number of fused-ring (bicyclic) bond motifs is 5. The Morgan fingerprint density at radius 2 is 1.86 bits per heavy atom. The molecule has 0 N–H and O–H groups in total. The topological polar surface area (TPSA) is 34.1 Å². The first kappa shape index (κ1) is 14.4. The number of carbonyl (C=O) groups is 2. The largest absolute Gasteiger partial charge is 0.295 e. The molecular weight excluding hydrogens is 272 g/mol. The summed E-state index contributed by atoms with van der Waals surface area (Å²) in [6, 6.07) is 0. The molecule has 0 radical (unpaired) electrons. The monoisotopic (exact) mass is 298 g/mol. The third kappa shape index (κ3) is 1.67. The number of hydrogen-bond acceptors (Lipinski definition) is 2. The maximum atomic E-state index is 12.9. The lowest BCUT2D eigenvalue weighted by Crippen LogP contribution is -2.52. The summed E-state index contributed by atoms with van der Waals surface area (Å²) in [5.41, 5.74) is 1.89. The molecule has 3 fully saturated rings. The van der Waals surface area contributed by atoms with Gasteiger partial charge in [-0.25, -0.2) is 0 Å². The minimum atomic E-state index is -0.0965. The number of ketones is 2. The lowest BCUT2D eigenvalue weighted by atomic mass is 9.46. The predicted molar refractivity (Wildman–Crippen MR) is 86.2 cm³/mol. The maximum Gasteiger partial charge on any atom is 0.185 e. The standard InChI is InChI=1S/C20H26O2/c1-12-17-14-5-4-8-19(14,2)9-7-15(17)20(3)10-6-13(21)11-16(20)18(12)22/h11,14-15,17H,1,4-10H2,2-3H3/t14-,15-,17-,19-,20+/m0/s1. The van der Waals surface area contributed by atoms with Crippen LogP contribution in [0.2, 0.25) is 0 Å². The molecule has 4 rings (SSSR count). The van der Waals surface area contributed by atoms with Crippen LogP contribution in [0.15, 0.2) is 23.8 Å². The highest BCUT2D eigenvalue weighted by Gasteiger charge is 2.59. The highest BCUT2D eigenvalue weighted by Crippen LogP contribution is 2.65. The first-order valence-corrected chi connectivity index (χ1v) is 8.85. The van der Waals surface area contributed by atoms with E-state index in [2.05, 4.69) is 20.4 Å². The summed E-state index contributed by atoms with van der Waals surface area (Å²) in [5.74, 6) is 1.69. The normalized spacial score (nSPS) is 47.6. The van der Waals surface area contributed by atoms with Gasteiger partial charge in [-0.15, -0.1) is 0 Å². The van der Waals surface area contributed by atoms with Gasteiger partial charge in [-0.2, -0.15) is 0 Å². The van der Waals surface area contributed by atoms with Crippen molar-refractivity contribution in [2.75, 3.05) is 0 Å². The summed E-state index contributed by atoms with van der Waals surface area (Å²) in [6.07, 6.45) is 9.41. The Morgan fingerprint density at radius 3 is 2.64 bits per heavy atom. The Labute approximate surface area is 133 Å². The minimum Gasteiger partial charge on any atom is -0.295 e. The first-order chi connectivity index (χ1) is 10.4. The number of hydrogen-bond donors (Lipinski definition) is 0. The van der Waals surface area contributed by atoms with Crippen LogP contribution in [0.1, 0.15) is 58.8 Å². The molecule has 5 atom stereocenters. The van der Waals surface area contributed by atoms with Crippen LogP contribution < -0.4 is 0 Å². The fourth-order valence-corrected chi connectivity index (χ4v) is 6.28. The number of Topliss-reactive ketones (excluding diaryl/α,β-unsaturated/α-hetero) is 1. The molecule has 0 aromatic rings. The van der Waals surface area contributed by atoms with E-state index in [1.54, 1.807) is 6.08 Å². The molecule has 2 heteroatoms. The third-order valence-electron chi connectivity index (χ3n) is 7.62. The average Bonchev–Trinajstić information content (AvgIpc) is 2.88. The number of carbonyl (C=O) groups excluding carboxylic acids is 2. The Hall–Kier alpha value is -1.18. The van der Waals surface area contributed by atoms with E-state index in [1.807, 2.05) is 0 Å². The summed E-state index contributed by atoms with van der Waals surface area (Å²) in [4.78, 5) is 24.8. The van der Waals surface area contributed by atoms with Crippen LogP contribution >= 0.6 is 0 Å². The zero-order valence-corrected chi connectivity index (χ0v) is 13.8. The van der Waals surface area contributed by atoms with Crippen LogP contribution in [-0.4, -0.2) is 11.6 Å². The van der Waals surface area contributed by atoms with E-state index in [0.717, 1.165) is 17.6 Å². The van der Waals surface area contributed by atoms with Crippen LogP contribution in [-0.2, 0) is 9.59 Å². The highest BCUT2D eigenvalue weighted by molar-refractivity contribution is 6.14. The molecule has 0 bridgehead atoms. The minimum absolute atomic E-state index is 0.0907. The molecule has 0 aromatic heterocycles. The summed E-state index contributed by atoms with van der Waals surface area (Å²) in [6.45, 7) is 8.88. The number of rotatable bonds is 0. The van der Waals surface area contributed by atoms with Crippen molar-refractivity contribution in [3.05, 3.63) is 23.8 Å². The molecule has 0 saturated heterocycles. The lowest BCUT2D eigenvalue weighted by molar-refractivity contribution is -0.124. The third-order valence-corrected chi connectivity index (χ3v) is 7.62. The highest BCUT2D eigenvalue weighted by atomic mass is 16.1. The molecule has 2 nitrogen and oxygen atoms in total. The number of allylic oxidation sites excluding steroid dienone is 2. The van der Waals surface area contributed by atoms with Gasteiger partial charge in [0.25, 0.3) is 0 Å². The molecule has 4 aliphatic carbocycles. The smallest absolute Gasteiger partial charge is 0.185 e. The van der Waals surface area contributed by atoms with Crippen LogP contribution in [0.5, 0.6) is 0 Å². The molecule has 0 heterocycles. The summed E-state index contributed by atoms with van der Waals surface area (Å²) < 4.78 is 0. The SMILES string of the molecule is C=C1C(=O)C2=CC(=O)CC[C@]2(C)[C@H]2CC[C@]3(C)CCC[C@H]3[C@H]12. The van der Waals surface area contributed by atoms with Crippen molar-refractivity contribution < 1.29 is 9.59 Å². The molecule has 0 amide bonds. The zero-order chi connectivity index (χ0) is 15.7. The average molecular weight is 298 g/mol. The van der Waals surface area contributed by atoms with Crippen LogP contribution in [0.25, 0.3) is 0 Å². The van der Waals surface area contributed by atoms with E-state index >= 15 is 0 Å². The Morgan fingerprint density at radius 1 is 1.09 bits per heavy atom. The first-order valence-electron chi connectivity index (χ1n) is 8.85. The molecule has 4 aliphatic rings. The van der Waals surface area contributed by atoms with Crippen LogP contribution in [0, 0.1) is 28.6 Å². The second-order valence-corrected chi connectivity index (χ2v) is 8.62. The van der Waals surface area contributed by atoms with Gasteiger partial charge in [-0.1, -0.05) is 26.8 Å². The quantitative estimate of drug-likeness (QED) is 0.626. The molecule has 0 unspecified atom stereocenters. The van der Waals surface area contributed by atoms with Crippen LogP contribution in [0.3, 0.4) is 0 Å². The van der Waals surface area contributed by atoms with Gasteiger partial charge >= 0.3 is 0 Å². The lowest BCUT2D eigenvalue weighted by Gasteiger charge is -2.57. The molecule has 0 spiro atoms. The van der Waals surface area contributed by atoms with Gasteiger partial charge in [0.1, 0.15) is 0 Å². The molecular formula is C20H26O2. The molecule has 118 valence electrons. The fourth-order valence-electron chi connectivity index (χ4n) is 6.28. The Kier molecular flexibility index (Phi) is 2.90. The van der Waals surface area contributed by atoms with E-state index in [1.165, 1.54) is 32.1 Å². The van der Waals surface area contributed by atoms with Crippen molar-refractivity contribution in [3.63, 3.8) is 0 Å². The predicted octanol–water partition coefficient (Wildman–Crippen LogP) is 4.25. The second-order valence-electron chi connectivity index (χ2n) is 8.62.